The Morgan fingerprint density at radius 1 is 1.35 bits per heavy atom. The first-order valence-electron chi connectivity index (χ1n) is 6.61. The van der Waals surface area contributed by atoms with Gasteiger partial charge in [-0.3, -0.25) is 14.3 Å². The van der Waals surface area contributed by atoms with E-state index in [4.69, 9.17) is 21.5 Å². The number of aliphatic carboxylic acids is 1. The van der Waals surface area contributed by atoms with Crippen LogP contribution in [0.15, 0.2) is 15.7 Å². The van der Waals surface area contributed by atoms with Crippen molar-refractivity contribution in [3.63, 3.8) is 0 Å². The number of hydrogen-bond donors (Lipinski definition) is 3. The summed E-state index contributed by atoms with van der Waals surface area (Å²) in [5.41, 5.74) is -0.747. The number of carboxylic acid groups (broad SMARTS) is 1. The molecule has 7 nitrogen and oxygen atoms in total. The van der Waals surface area contributed by atoms with Crippen LogP contribution in [0.1, 0.15) is 12.8 Å². The molecule has 1 aliphatic heterocycles. The summed E-state index contributed by atoms with van der Waals surface area (Å²) >= 11 is 5.59. The van der Waals surface area contributed by atoms with Crippen LogP contribution >= 0.6 is 11.6 Å². The molecule has 11 heteroatoms. The molecule has 0 atom stereocenters. The molecule has 1 aromatic rings. The van der Waals surface area contributed by atoms with Gasteiger partial charge in [0.15, 0.2) is 0 Å². The van der Waals surface area contributed by atoms with E-state index in [9.17, 15) is 22.8 Å². The fourth-order valence-electron chi connectivity index (χ4n) is 1.99. The Hall–Kier alpha value is -1.81. The molecule has 0 radical (unpaired) electrons. The fourth-order valence-corrected chi connectivity index (χ4v) is 2.16. The van der Waals surface area contributed by atoms with E-state index in [0.29, 0.717) is 12.5 Å². The maximum absolute atomic E-state index is 11.6. The van der Waals surface area contributed by atoms with Crippen LogP contribution < -0.4 is 16.6 Å². The van der Waals surface area contributed by atoms with Crippen molar-refractivity contribution in [3.05, 3.63) is 32.1 Å². The molecule has 23 heavy (non-hydrogen) atoms. The number of nitrogens with one attached hydrogen (secondary N) is 2. The summed E-state index contributed by atoms with van der Waals surface area (Å²) in [7, 11) is 0. The molecule has 0 aromatic carbocycles. The lowest BCUT2D eigenvalue weighted by atomic mass is 9.98. The Balaban J connectivity index is 0.000000322. The molecule has 130 valence electrons. The van der Waals surface area contributed by atoms with Gasteiger partial charge in [-0.15, -0.1) is 0 Å². The number of aromatic nitrogens is 2. The minimum Gasteiger partial charge on any atom is -0.475 e. The highest BCUT2D eigenvalue weighted by Crippen LogP contribution is 2.13. The van der Waals surface area contributed by atoms with Crippen molar-refractivity contribution in [2.24, 2.45) is 5.92 Å². The third-order valence-corrected chi connectivity index (χ3v) is 3.33. The smallest absolute Gasteiger partial charge is 0.475 e. The molecule has 1 aliphatic rings. The van der Waals surface area contributed by atoms with E-state index >= 15 is 0 Å². The largest absolute Gasteiger partial charge is 0.490 e. The van der Waals surface area contributed by atoms with Crippen LogP contribution in [0, 0.1) is 5.92 Å². The van der Waals surface area contributed by atoms with Crippen LogP contribution in [0.4, 0.5) is 13.2 Å². The van der Waals surface area contributed by atoms with Crippen molar-refractivity contribution in [2.75, 3.05) is 13.1 Å². The molecular formula is C12H15ClF3N3O4. The number of nitrogens with zero attached hydrogens (tertiary/aromatic N) is 1. The third kappa shape index (κ3) is 6.45. The van der Waals surface area contributed by atoms with Gasteiger partial charge in [0.25, 0.3) is 5.56 Å². The van der Waals surface area contributed by atoms with E-state index in [1.807, 2.05) is 0 Å². The van der Waals surface area contributed by atoms with Crippen molar-refractivity contribution in [2.45, 2.75) is 25.6 Å². The summed E-state index contributed by atoms with van der Waals surface area (Å²) in [6.07, 6.45) is -3.09. The first-order valence-corrected chi connectivity index (χ1v) is 6.99. The van der Waals surface area contributed by atoms with Gasteiger partial charge in [-0.2, -0.15) is 13.2 Å². The maximum atomic E-state index is 11.6. The van der Waals surface area contributed by atoms with Crippen LogP contribution in [-0.2, 0) is 11.3 Å². The second-order valence-corrected chi connectivity index (χ2v) is 5.27. The molecule has 0 unspecified atom stereocenters. The van der Waals surface area contributed by atoms with E-state index in [0.717, 1.165) is 25.9 Å². The number of carboxylic acids is 1. The number of alkyl halides is 3. The highest BCUT2D eigenvalue weighted by molar-refractivity contribution is 6.29. The number of H-pyrrole nitrogens is 1. The van der Waals surface area contributed by atoms with Crippen molar-refractivity contribution >= 4 is 17.6 Å². The Morgan fingerprint density at radius 3 is 2.30 bits per heavy atom. The van der Waals surface area contributed by atoms with Gasteiger partial charge in [-0.05, 0) is 31.8 Å². The van der Waals surface area contributed by atoms with Crippen molar-refractivity contribution in [1.29, 1.82) is 0 Å². The quantitative estimate of drug-likeness (QED) is 0.680. The zero-order valence-electron chi connectivity index (χ0n) is 11.8. The second kappa shape index (κ2) is 8.16. The molecule has 0 spiro atoms. The number of aromatic amines is 1. The van der Waals surface area contributed by atoms with Gasteiger partial charge < -0.3 is 10.4 Å². The summed E-state index contributed by atoms with van der Waals surface area (Å²) in [5.74, 6) is -2.37. The number of rotatable bonds is 2. The van der Waals surface area contributed by atoms with Crippen LogP contribution in [0.25, 0.3) is 0 Å². The lowest BCUT2D eigenvalue weighted by Gasteiger charge is -2.22. The number of piperidine rings is 1. The zero-order valence-corrected chi connectivity index (χ0v) is 12.6. The Morgan fingerprint density at radius 2 is 1.87 bits per heavy atom. The van der Waals surface area contributed by atoms with Gasteiger partial charge in [0, 0.05) is 12.6 Å². The molecule has 0 aliphatic carbocycles. The molecular weight excluding hydrogens is 343 g/mol. The number of carbonyl (C=O) groups is 1. The van der Waals surface area contributed by atoms with Gasteiger partial charge in [0.05, 0.1) is 0 Å². The topological polar surface area (TPSA) is 104 Å². The highest BCUT2D eigenvalue weighted by Gasteiger charge is 2.38. The summed E-state index contributed by atoms with van der Waals surface area (Å²) in [5, 5.41) is 10.5. The van der Waals surface area contributed by atoms with Crippen LogP contribution in [0.3, 0.4) is 0 Å². The van der Waals surface area contributed by atoms with E-state index in [1.165, 1.54) is 10.6 Å². The van der Waals surface area contributed by atoms with Crippen molar-refractivity contribution in [3.8, 4) is 0 Å². The molecule has 1 fully saturated rings. The first kappa shape index (κ1) is 19.2. The maximum Gasteiger partial charge on any atom is 0.490 e. The van der Waals surface area contributed by atoms with Gasteiger partial charge in [-0.1, -0.05) is 11.6 Å². The minimum atomic E-state index is -5.08. The third-order valence-electron chi connectivity index (χ3n) is 3.13. The summed E-state index contributed by atoms with van der Waals surface area (Å²) < 4.78 is 33.0. The molecule has 3 N–H and O–H groups in total. The van der Waals surface area contributed by atoms with E-state index in [2.05, 4.69) is 10.3 Å². The molecule has 0 bridgehead atoms. The van der Waals surface area contributed by atoms with Crippen molar-refractivity contribution < 1.29 is 23.1 Å². The predicted octanol–water partition coefficient (Wildman–Crippen LogP) is 0.823. The molecule has 0 amide bonds. The lowest BCUT2D eigenvalue weighted by molar-refractivity contribution is -0.192. The molecule has 2 heterocycles. The van der Waals surface area contributed by atoms with Gasteiger partial charge in [0.2, 0.25) is 0 Å². The fraction of sp³-hybridized carbons (Fsp3) is 0.583. The zero-order chi connectivity index (χ0) is 17.6. The van der Waals surface area contributed by atoms with Crippen LogP contribution in [0.2, 0.25) is 5.15 Å². The Labute approximate surface area is 133 Å². The van der Waals surface area contributed by atoms with E-state index < -0.39 is 17.8 Å². The van der Waals surface area contributed by atoms with Crippen molar-refractivity contribution in [1.82, 2.24) is 14.9 Å². The molecule has 1 saturated heterocycles. The Kier molecular flexibility index (Phi) is 6.82. The highest BCUT2D eigenvalue weighted by atomic mass is 35.5. The van der Waals surface area contributed by atoms with Gasteiger partial charge in [0.1, 0.15) is 5.15 Å². The molecule has 1 aromatic heterocycles. The monoisotopic (exact) mass is 357 g/mol. The van der Waals surface area contributed by atoms with E-state index in [-0.39, 0.29) is 10.7 Å². The van der Waals surface area contributed by atoms with Crippen LogP contribution in [0.5, 0.6) is 0 Å². The minimum absolute atomic E-state index is 0.0940. The molecule has 2 rings (SSSR count). The number of halogens is 4. The predicted molar refractivity (Wildman–Crippen MR) is 75.6 cm³/mol. The summed E-state index contributed by atoms with van der Waals surface area (Å²) in [6, 6.07) is 1.24. The van der Waals surface area contributed by atoms with Gasteiger partial charge in [-0.25, -0.2) is 9.59 Å². The van der Waals surface area contributed by atoms with Crippen LogP contribution in [-0.4, -0.2) is 39.9 Å². The standard InChI is InChI=1S/C10H14ClN3O2.C2HF3O2/c11-8-5-9(15)14(10(16)13-8)6-7-1-3-12-4-2-7;3-2(4,5)1(6)7/h5,7,12H,1-4,6H2,(H,13,16);(H,6,7). The lowest BCUT2D eigenvalue weighted by Crippen LogP contribution is -2.39. The average Bonchev–Trinajstić information content (AvgIpc) is 2.43. The van der Waals surface area contributed by atoms with Gasteiger partial charge >= 0.3 is 17.8 Å². The normalized spacial score (nSPS) is 15.7. The first-order chi connectivity index (χ1) is 10.6. The summed E-state index contributed by atoms with van der Waals surface area (Å²) in [4.78, 5) is 34.4. The molecule has 0 saturated carbocycles. The average molecular weight is 358 g/mol. The SMILES string of the molecule is O=C(O)C(F)(F)F.O=c1cc(Cl)[nH]c(=O)n1CC1CCNCC1. The summed E-state index contributed by atoms with van der Waals surface area (Å²) in [6.45, 7) is 2.38. The Bertz CT molecular complexity index is 619. The number of hydrogen-bond acceptors (Lipinski definition) is 4. The second-order valence-electron chi connectivity index (χ2n) is 4.87. The van der Waals surface area contributed by atoms with E-state index in [1.54, 1.807) is 0 Å².